The molecule has 3 aromatic carbocycles. The molecule has 0 aliphatic heterocycles. The van der Waals surface area contributed by atoms with E-state index in [9.17, 15) is 13.2 Å². The summed E-state index contributed by atoms with van der Waals surface area (Å²) in [7, 11) is 1.76. The number of halogens is 3. The van der Waals surface area contributed by atoms with Crippen molar-refractivity contribution in [2.45, 2.75) is 19.7 Å². The van der Waals surface area contributed by atoms with Gasteiger partial charge < -0.3 is 14.3 Å². The second kappa shape index (κ2) is 10.3. The molecule has 4 rings (SSSR count). The van der Waals surface area contributed by atoms with E-state index in [0.717, 1.165) is 23.4 Å². The average molecular weight is 481 g/mol. The molecule has 0 unspecified atom stereocenters. The summed E-state index contributed by atoms with van der Waals surface area (Å²) in [5.41, 5.74) is 1.66. The van der Waals surface area contributed by atoms with Crippen LogP contribution in [-0.4, -0.2) is 16.0 Å². The maximum absolute atomic E-state index is 12.7. The van der Waals surface area contributed by atoms with Crippen LogP contribution >= 0.6 is 0 Å². The normalized spacial score (nSPS) is 11.6. The van der Waals surface area contributed by atoms with Gasteiger partial charge in [0.05, 0.1) is 23.0 Å². The van der Waals surface area contributed by atoms with Crippen molar-refractivity contribution in [3.63, 3.8) is 0 Å². The maximum Gasteiger partial charge on any atom is 0.416 e. The van der Waals surface area contributed by atoms with Crippen LogP contribution in [0.5, 0.6) is 23.1 Å². The Labute approximate surface area is 200 Å². The molecule has 0 saturated heterocycles. The summed E-state index contributed by atoms with van der Waals surface area (Å²) in [6.07, 6.45) is -2.83. The van der Waals surface area contributed by atoms with Gasteiger partial charge in [-0.15, -0.1) is 0 Å². The van der Waals surface area contributed by atoms with Gasteiger partial charge in [-0.2, -0.15) is 18.3 Å². The van der Waals surface area contributed by atoms with E-state index < -0.39 is 11.7 Å². The van der Waals surface area contributed by atoms with Crippen molar-refractivity contribution in [3.05, 3.63) is 101 Å². The van der Waals surface area contributed by atoms with E-state index in [1.807, 2.05) is 37.3 Å². The first-order valence-electron chi connectivity index (χ1n) is 10.7. The summed E-state index contributed by atoms with van der Waals surface area (Å²) < 4.78 is 51.4. The van der Waals surface area contributed by atoms with Crippen molar-refractivity contribution in [3.8, 4) is 23.1 Å². The summed E-state index contributed by atoms with van der Waals surface area (Å²) in [6, 6.07) is 20.9. The number of rotatable bonds is 8. The fourth-order valence-corrected chi connectivity index (χ4v) is 3.23. The molecule has 0 radical (unpaired) electrons. The van der Waals surface area contributed by atoms with E-state index in [4.69, 9.17) is 14.3 Å². The number of nitrogens with zero attached hydrogens (tertiary/aromatic N) is 3. The molecule has 0 N–H and O–H groups in total. The lowest BCUT2D eigenvalue weighted by atomic mass is 10.2. The molecule has 0 bridgehead atoms. The summed E-state index contributed by atoms with van der Waals surface area (Å²) in [6.45, 7) is 2.18. The second-order valence-corrected chi connectivity index (χ2v) is 7.62. The van der Waals surface area contributed by atoms with Gasteiger partial charge >= 0.3 is 6.18 Å². The standard InChI is InChI=1S/C26H22F3N3O3/c1-18-24(16-30-33-17-19-6-4-3-5-7-19)25(32(2)31-18)35-23-14-12-22(13-15-23)34-21-10-8-20(9-11-21)26(27,28)29/h3-16H,17H2,1-2H3. The predicted octanol–water partition coefficient (Wildman–Crippen LogP) is 6.88. The number of ether oxygens (including phenoxy) is 2. The summed E-state index contributed by atoms with van der Waals surface area (Å²) in [5, 5.41) is 8.43. The Morgan fingerprint density at radius 1 is 0.857 bits per heavy atom. The Kier molecular flexibility index (Phi) is 7.05. The molecule has 0 fully saturated rings. The van der Waals surface area contributed by atoms with Crippen molar-refractivity contribution in [1.29, 1.82) is 0 Å². The molecule has 4 aromatic rings. The van der Waals surface area contributed by atoms with E-state index in [0.29, 0.717) is 35.3 Å². The molecule has 0 aliphatic rings. The highest BCUT2D eigenvalue weighted by Gasteiger charge is 2.30. The molecule has 0 amide bonds. The number of oxime groups is 1. The fourth-order valence-electron chi connectivity index (χ4n) is 3.23. The van der Waals surface area contributed by atoms with Crippen molar-refractivity contribution < 1.29 is 27.5 Å². The Hall–Kier alpha value is -4.27. The van der Waals surface area contributed by atoms with Crippen LogP contribution in [0.25, 0.3) is 0 Å². The van der Waals surface area contributed by atoms with Crippen LogP contribution in [0.1, 0.15) is 22.4 Å². The van der Waals surface area contributed by atoms with Crippen molar-refractivity contribution in [2.24, 2.45) is 12.2 Å². The number of hydrogen-bond donors (Lipinski definition) is 0. The Morgan fingerprint density at radius 2 is 1.43 bits per heavy atom. The minimum Gasteiger partial charge on any atom is -0.457 e. The number of hydrogen-bond acceptors (Lipinski definition) is 5. The van der Waals surface area contributed by atoms with Gasteiger partial charge in [-0.05, 0) is 61.0 Å². The number of aromatic nitrogens is 2. The summed E-state index contributed by atoms with van der Waals surface area (Å²) >= 11 is 0. The van der Waals surface area contributed by atoms with Crippen LogP contribution < -0.4 is 9.47 Å². The molecule has 35 heavy (non-hydrogen) atoms. The number of alkyl halides is 3. The summed E-state index contributed by atoms with van der Waals surface area (Å²) in [4.78, 5) is 5.39. The van der Waals surface area contributed by atoms with Crippen LogP contribution in [0.3, 0.4) is 0 Å². The van der Waals surface area contributed by atoms with Gasteiger partial charge in [0.1, 0.15) is 23.9 Å². The minimum atomic E-state index is -4.39. The second-order valence-electron chi connectivity index (χ2n) is 7.62. The third kappa shape index (κ3) is 6.20. The lowest BCUT2D eigenvalue weighted by molar-refractivity contribution is -0.137. The molecule has 1 aromatic heterocycles. The zero-order valence-corrected chi connectivity index (χ0v) is 19.0. The topological polar surface area (TPSA) is 57.9 Å². The molecule has 6 nitrogen and oxygen atoms in total. The Morgan fingerprint density at radius 3 is 2.03 bits per heavy atom. The molecular formula is C26H22F3N3O3. The lowest BCUT2D eigenvalue weighted by Gasteiger charge is -2.10. The van der Waals surface area contributed by atoms with Gasteiger partial charge in [-0.3, -0.25) is 0 Å². The Balaban J connectivity index is 1.40. The van der Waals surface area contributed by atoms with Gasteiger partial charge in [0.2, 0.25) is 5.88 Å². The Bertz CT molecular complexity index is 1280. The maximum atomic E-state index is 12.7. The van der Waals surface area contributed by atoms with Gasteiger partial charge in [-0.25, -0.2) is 4.68 Å². The van der Waals surface area contributed by atoms with Crippen LogP contribution in [0, 0.1) is 6.92 Å². The minimum absolute atomic E-state index is 0.294. The van der Waals surface area contributed by atoms with E-state index in [1.54, 1.807) is 42.2 Å². The fraction of sp³-hybridized carbons (Fsp3) is 0.154. The molecule has 180 valence electrons. The predicted molar refractivity (Wildman–Crippen MR) is 125 cm³/mol. The highest BCUT2D eigenvalue weighted by Crippen LogP contribution is 2.32. The van der Waals surface area contributed by atoms with Gasteiger partial charge in [0, 0.05) is 7.05 Å². The van der Waals surface area contributed by atoms with Crippen molar-refractivity contribution in [2.75, 3.05) is 0 Å². The molecular weight excluding hydrogens is 459 g/mol. The molecule has 9 heteroatoms. The zero-order valence-electron chi connectivity index (χ0n) is 19.0. The molecule has 0 saturated carbocycles. The molecule has 0 atom stereocenters. The average Bonchev–Trinajstić information content (AvgIpc) is 3.10. The van der Waals surface area contributed by atoms with Crippen LogP contribution in [0.15, 0.2) is 84.0 Å². The highest BCUT2D eigenvalue weighted by molar-refractivity contribution is 5.84. The highest BCUT2D eigenvalue weighted by atomic mass is 19.4. The lowest BCUT2D eigenvalue weighted by Crippen LogP contribution is -2.03. The number of aryl methyl sites for hydroxylation is 2. The monoisotopic (exact) mass is 481 g/mol. The molecule has 0 aliphatic carbocycles. The van der Waals surface area contributed by atoms with Crippen molar-refractivity contribution >= 4 is 6.21 Å². The van der Waals surface area contributed by atoms with Crippen molar-refractivity contribution in [1.82, 2.24) is 9.78 Å². The van der Waals surface area contributed by atoms with Gasteiger partial charge in [-0.1, -0.05) is 35.5 Å². The largest absolute Gasteiger partial charge is 0.457 e. The molecule has 0 spiro atoms. The summed E-state index contributed by atoms with van der Waals surface area (Å²) in [5.74, 6) is 1.75. The molecule has 1 heterocycles. The first-order valence-corrected chi connectivity index (χ1v) is 10.7. The van der Waals surface area contributed by atoms with E-state index in [-0.39, 0.29) is 0 Å². The third-order valence-corrected chi connectivity index (χ3v) is 5.00. The van der Waals surface area contributed by atoms with E-state index in [1.165, 1.54) is 12.1 Å². The van der Waals surface area contributed by atoms with Crippen LogP contribution in [0.4, 0.5) is 13.2 Å². The van der Waals surface area contributed by atoms with E-state index in [2.05, 4.69) is 10.3 Å². The van der Waals surface area contributed by atoms with Gasteiger partial charge in [0.15, 0.2) is 0 Å². The third-order valence-electron chi connectivity index (χ3n) is 5.00. The first-order chi connectivity index (χ1) is 16.8. The first kappa shape index (κ1) is 23.9. The van der Waals surface area contributed by atoms with Crippen LogP contribution in [0.2, 0.25) is 0 Å². The zero-order chi connectivity index (χ0) is 24.8. The number of benzene rings is 3. The van der Waals surface area contributed by atoms with E-state index >= 15 is 0 Å². The SMILES string of the molecule is Cc1nn(C)c(Oc2ccc(Oc3ccc(C(F)(F)F)cc3)cc2)c1C=NOCc1ccccc1. The smallest absolute Gasteiger partial charge is 0.416 e. The van der Waals surface area contributed by atoms with Gasteiger partial charge in [0.25, 0.3) is 0 Å². The quantitative estimate of drug-likeness (QED) is 0.203. The van der Waals surface area contributed by atoms with Crippen LogP contribution in [-0.2, 0) is 24.7 Å².